The highest BCUT2D eigenvalue weighted by molar-refractivity contribution is 7.16. The van der Waals surface area contributed by atoms with E-state index >= 15 is 0 Å². The molecule has 98 valence electrons. The Morgan fingerprint density at radius 1 is 1.25 bits per heavy atom. The van der Waals surface area contributed by atoms with Crippen molar-refractivity contribution in [2.24, 2.45) is 0 Å². The van der Waals surface area contributed by atoms with Crippen molar-refractivity contribution in [2.75, 3.05) is 7.11 Å². The van der Waals surface area contributed by atoms with Gasteiger partial charge in [0.15, 0.2) is 0 Å². The van der Waals surface area contributed by atoms with E-state index in [2.05, 4.69) is 9.97 Å². The van der Waals surface area contributed by atoms with E-state index in [9.17, 15) is 4.79 Å². The Morgan fingerprint density at radius 2 is 2.15 bits per heavy atom. The number of ether oxygens (including phenoxy) is 1. The van der Waals surface area contributed by atoms with Crippen LogP contribution in [0.2, 0.25) is 0 Å². The van der Waals surface area contributed by atoms with Crippen LogP contribution in [0.25, 0.3) is 26.8 Å². The molecule has 0 aliphatic carbocycles. The normalized spacial score (nSPS) is 11.4. The van der Waals surface area contributed by atoms with Crippen molar-refractivity contribution < 1.29 is 4.74 Å². The Hall–Kier alpha value is -2.47. The van der Waals surface area contributed by atoms with Crippen LogP contribution in [0.15, 0.2) is 40.8 Å². The van der Waals surface area contributed by atoms with Crippen LogP contribution in [0.5, 0.6) is 5.75 Å². The standard InChI is InChI=1S/C14H9N3O2S/c1-19-8-2-3-13-16-10-5-12-11(15-7-20-12)4-9(10)14(18)17(13)6-8/h2-7H,1H3. The van der Waals surface area contributed by atoms with Crippen LogP contribution in [0.4, 0.5) is 0 Å². The van der Waals surface area contributed by atoms with Crippen molar-refractivity contribution in [1.29, 1.82) is 0 Å². The molecular weight excluding hydrogens is 274 g/mol. The molecule has 1 aromatic carbocycles. The monoisotopic (exact) mass is 283 g/mol. The summed E-state index contributed by atoms with van der Waals surface area (Å²) in [5.41, 5.74) is 3.77. The minimum absolute atomic E-state index is 0.112. The van der Waals surface area contributed by atoms with E-state index in [0.717, 1.165) is 10.2 Å². The Balaban J connectivity index is 2.21. The first-order valence-corrected chi connectivity index (χ1v) is 6.87. The Labute approximate surface area is 117 Å². The third-order valence-corrected chi connectivity index (χ3v) is 4.06. The van der Waals surface area contributed by atoms with Gasteiger partial charge in [-0.3, -0.25) is 9.20 Å². The number of methoxy groups -OCH3 is 1. The molecular formula is C14H9N3O2S. The van der Waals surface area contributed by atoms with Crippen LogP contribution in [0.1, 0.15) is 0 Å². The third kappa shape index (κ3) is 1.51. The van der Waals surface area contributed by atoms with Gasteiger partial charge in [-0.25, -0.2) is 9.97 Å². The molecule has 0 bridgehead atoms. The molecule has 0 aliphatic rings. The molecule has 0 fully saturated rings. The minimum Gasteiger partial charge on any atom is -0.495 e. The second-order valence-corrected chi connectivity index (χ2v) is 5.29. The van der Waals surface area contributed by atoms with Gasteiger partial charge in [0.05, 0.1) is 39.9 Å². The summed E-state index contributed by atoms with van der Waals surface area (Å²) in [6, 6.07) is 7.27. The summed E-state index contributed by atoms with van der Waals surface area (Å²) in [7, 11) is 1.57. The fourth-order valence-corrected chi connectivity index (χ4v) is 2.95. The number of pyridine rings is 1. The maximum atomic E-state index is 12.6. The maximum Gasteiger partial charge on any atom is 0.265 e. The van der Waals surface area contributed by atoms with Crippen LogP contribution in [0, 0.1) is 0 Å². The van der Waals surface area contributed by atoms with Gasteiger partial charge in [0.25, 0.3) is 5.56 Å². The molecule has 0 saturated carbocycles. The molecule has 0 unspecified atom stereocenters. The van der Waals surface area contributed by atoms with Crippen LogP contribution in [-0.2, 0) is 0 Å². The zero-order chi connectivity index (χ0) is 13.7. The zero-order valence-corrected chi connectivity index (χ0v) is 11.3. The van der Waals surface area contributed by atoms with Crippen molar-refractivity contribution in [3.05, 3.63) is 46.3 Å². The lowest BCUT2D eigenvalue weighted by Gasteiger charge is -2.05. The average Bonchev–Trinajstić information content (AvgIpc) is 2.93. The predicted molar refractivity (Wildman–Crippen MR) is 78.7 cm³/mol. The van der Waals surface area contributed by atoms with Gasteiger partial charge in [-0.1, -0.05) is 0 Å². The van der Waals surface area contributed by atoms with Crippen LogP contribution >= 0.6 is 11.3 Å². The van der Waals surface area contributed by atoms with Crippen molar-refractivity contribution in [2.45, 2.75) is 0 Å². The molecule has 20 heavy (non-hydrogen) atoms. The van der Waals surface area contributed by atoms with Crippen molar-refractivity contribution in [3.63, 3.8) is 0 Å². The van der Waals surface area contributed by atoms with E-state index in [1.165, 1.54) is 15.7 Å². The van der Waals surface area contributed by atoms with E-state index in [1.54, 1.807) is 37.0 Å². The fourth-order valence-electron chi connectivity index (χ4n) is 2.26. The van der Waals surface area contributed by atoms with E-state index in [1.807, 2.05) is 6.07 Å². The Kier molecular flexibility index (Phi) is 2.28. The van der Waals surface area contributed by atoms with E-state index in [0.29, 0.717) is 22.3 Å². The molecule has 0 amide bonds. The van der Waals surface area contributed by atoms with Gasteiger partial charge in [-0.05, 0) is 24.3 Å². The topological polar surface area (TPSA) is 56.5 Å². The molecule has 0 radical (unpaired) electrons. The number of thiazole rings is 1. The molecule has 0 N–H and O–H groups in total. The number of aromatic nitrogens is 3. The third-order valence-electron chi connectivity index (χ3n) is 3.27. The van der Waals surface area contributed by atoms with E-state index in [4.69, 9.17) is 4.74 Å². The first kappa shape index (κ1) is 11.4. The van der Waals surface area contributed by atoms with Gasteiger partial charge >= 0.3 is 0 Å². The lowest BCUT2D eigenvalue weighted by atomic mass is 10.2. The summed E-state index contributed by atoms with van der Waals surface area (Å²) in [5.74, 6) is 0.621. The first-order chi connectivity index (χ1) is 9.76. The van der Waals surface area contributed by atoms with Gasteiger partial charge < -0.3 is 4.74 Å². The molecule has 4 aromatic rings. The largest absolute Gasteiger partial charge is 0.495 e. The highest BCUT2D eigenvalue weighted by Crippen LogP contribution is 2.22. The second kappa shape index (κ2) is 4.01. The van der Waals surface area contributed by atoms with Crippen LogP contribution < -0.4 is 10.3 Å². The van der Waals surface area contributed by atoms with Gasteiger partial charge in [-0.15, -0.1) is 11.3 Å². The molecule has 3 aromatic heterocycles. The van der Waals surface area contributed by atoms with Gasteiger partial charge in [-0.2, -0.15) is 0 Å². The molecule has 0 aliphatic heterocycles. The fraction of sp³-hybridized carbons (Fsp3) is 0.0714. The van der Waals surface area contributed by atoms with E-state index < -0.39 is 0 Å². The minimum atomic E-state index is -0.112. The highest BCUT2D eigenvalue weighted by Gasteiger charge is 2.09. The van der Waals surface area contributed by atoms with Crippen LogP contribution in [0.3, 0.4) is 0 Å². The average molecular weight is 283 g/mol. The number of hydrogen-bond acceptors (Lipinski definition) is 5. The van der Waals surface area contributed by atoms with Crippen LogP contribution in [-0.4, -0.2) is 21.5 Å². The van der Waals surface area contributed by atoms with Crippen molar-refractivity contribution >= 4 is 38.1 Å². The summed E-state index contributed by atoms with van der Waals surface area (Å²) >= 11 is 1.54. The summed E-state index contributed by atoms with van der Waals surface area (Å²) in [6.45, 7) is 0. The van der Waals surface area contributed by atoms with Gasteiger partial charge in [0.2, 0.25) is 0 Å². The van der Waals surface area contributed by atoms with Gasteiger partial charge in [0, 0.05) is 0 Å². The molecule has 3 heterocycles. The lowest BCUT2D eigenvalue weighted by Crippen LogP contribution is -2.15. The molecule has 5 nitrogen and oxygen atoms in total. The SMILES string of the molecule is COc1ccc2nc3cc4scnc4cc3c(=O)n2c1. The Bertz CT molecular complexity index is 1020. The quantitative estimate of drug-likeness (QED) is 0.504. The molecule has 4 rings (SSSR count). The summed E-state index contributed by atoms with van der Waals surface area (Å²) < 4.78 is 7.68. The van der Waals surface area contributed by atoms with Crippen molar-refractivity contribution in [3.8, 4) is 5.75 Å². The maximum absolute atomic E-state index is 12.6. The summed E-state index contributed by atoms with van der Waals surface area (Å²) in [4.78, 5) is 21.3. The molecule has 0 atom stereocenters. The van der Waals surface area contributed by atoms with E-state index in [-0.39, 0.29) is 5.56 Å². The molecule has 0 spiro atoms. The smallest absolute Gasteiger partial charge is 0.265 e. The van der Waals surface area contributed by atoms with Crippen molar-refractivity contribution in [1.82, 2.24) is 14.4 Å². The highest BCUT2D eigenvalue weighted by atomic mass is 32.1. The number of hydrogen-bond donors (Lipinski definition) is 0. The first-order valence-electron chi connectivity index (χ1n) is 5.99. The number of rotatable bonds is 1. The number of fused-ring (bicyclic) bond motifs is 3. The lowest BCUT2D eigenvalue weighted by molar-refractivity contribution is 0.412. The molecule has 0 saturated heterocycles. The Morgan fingerprint density at radius 3 is 3.00 bits per heavy atom. The summed E-state index contributed by atoms with van der Waals surface area (Å²) in [6.07, 6.45) is 1.65. The zero-order valence-electron chi connectivity index (χ0n) is 10.5. The second-order valence-electron chi connectivity index (χ2n) is 4.40. The molecule has 6 heteroatoms. The summed E-state index contributed by atoms with van der Waals surface area (Å²) in [5, 5.41) is 0.564. The number of nitrogens with zero attached hydrogens (tertiary/aromatic N) is 3. The number of benzene rings is 1. The van der Waals surface area contributed by atoms with Gasteiger partial charge in [0.1, 0.15) is 11.4 Å². The predicted octanol–water partition coefficient (Wildman–Crippen LogP) is 2.47.